The van der Waals surface area contributed by atoms with Crippen molar-refractivity contribution in [2.45, 2.75) is 13.3 Å². The van der Waals surface area contributed by atoms with Crippen LogP contribution in [0.1, 0.15) is 13.3 Å². The Morgan fingerprint density at radius 1 is 1.50 bits per heavy atom. The van der Waals surface area contributed by atoms with E-state index in [9.17, 15) is 14.9 Å². The number of benzene rings is 1. The van der Waals surface area contributed by atoms with E-state index in [1.807, 2.05) is 6.07 Å². The number of carbonyl (C=O) groups excluding carboxylic acids is 1. The third kappa shape index (κ3) is 2.83. The molecular formula is C12H13N3O3. The number of rotatable bonds is 4. The molecule has 18 heavy (non-hydrogen) atoms. The Hall–Kier alpha value is -2.42. The van der Waals surface area contributed by atoms with E-state index in [2.05, 4.69) is 0 Å². The summed E-state index contributed by atoms with van der Waals surface area (Å²) in [6.45, 7) is 1.76. The summed E-state index contributed by atoms with van der Waals surface area (Å²) < 4.78 is 0. The molecule has 1 rings (SSSR count). The van der Waals surface area contributed by atoms with Crippen molar-refractivity contribution >= 4 is 17.3 Å². The maximum absolute atomic E-state index is 11.9. The predicted molar refractivity (Wildman–Crippen MR) is 65.9 cm³/mol. The Labute approximate surface area is 105 Å². The van der Waals surface area contributed by atoms with Gasteiger partial charge in [-0.1, -0.05) is 6.92 Å². The summed E-state index contributed by atoms with van der Waals surface area (Å²) >= 11 is 0. The molecule has 0 fully saturated rings. The summed E-state index contributed by atoms with van der Waals surface area (Å²) in [5.74, 6) is -1.00. The van der Waals surface area contributed by atoms with Crippen LogP contribution in [0.5, 0.6) is 0 Å². The van der Waals surface area contributed by atoms with E-state index >= 15 is 0 Å². The maximum Gasteiger partial charge on any atom is 0.269 e. The van der Waals surface area contributed by atoms with Gasteiger partial charge in [0, 0.05) is 24.9 Å². The molecule has 0 aliphatic rings. The van der Waals surface area contributed by atoms with Gasteiger partial charge >= 0.3 is 0 Å². The molecule has 1 aromatic rings. The summed E-state index contributed by atoms with van der Waals surface area (Å²) in [5.41, 5.74) is 0.492. The normalized spacial score (nSPS) is 11.4. The van der Waals surface area contributed by atoms with Crippen LogP contribution in [0.15, 0.2) is 24.3 Å². The van der Waals surface area contributed by atoms with Crippen LogP contribution in [0.25, 0.3) is 0 Å². The van der Waals surface area contributed by atoms with E-state index in [1.54, 1.807) is 14.0 Å². The van der Waals surface area contributed by atoms with Gasteiger partial charge in [-0.15, -0.1) is 0 Å². The minimum atomic E-state index is -0.690. The first-order chi connectivity index (χ1) is 8.51. The molecule has 0 aliphatic heterocycles. The molecule has 6 heteroatoms. The van der Waals surface area contributed by atoms with Crippen LogP contribution >= 0.6 is 0 Å². The highest BCUT2D eigenvalue weighted by Gasteiger charge is 2.21. The average molecular weight is 247 g/mol. The van der Waals surface area contributed by atoms with Crippen LogP contribution in [0.2, 0.25) is 0 Å². The van der Waals surface area contributed by atoms with E-state index in [-0.39, 0.29) is 11.6 Å². The Kier molecular flexibility index (Phi) is 4.38. The van der Waals surface area contributed by atoms with E-state index < -0.39 is 10.8 Å². The Morgan fingerprint density at radius 2 is 2.06 bits per heavy atom. The van der Waals surface area contributed by atoms with Gasteiger partial charge in [0.1, 0.15) is 5.92 Å². The molecule has 94 valence electrons. The predicted octanol–water partition coefficient (Wildman–Crippen LogP) is 2.11. The van der Waals surface area contributed by atoms with Gasteiger partial charge in [0.2, 0.25) is 5.91 Å². The van der Waals surface area contributed by atoms with Crippen LogP contribution in [-0.4, -0.2) is 17.9 Å². The van der Waals surface area contributed by atoms with Gasteiger partial charge in [0.25, 0.3) is 5.69 Å². The number of hydrogen-bond donors (Lipinski definition) is 0. The first-order valence-corrected chi connectivity index (χ1v) is 5.42. The Balaban J connectivity index is 2.91. The number of nitriles is 1. The standard InChI is InChI=1S/C12H13N3O3/c1-3-9(8-13)12(16)14(2)10-4-6-11(7-5-10)15(17)18/h4-7,9H,3H2,1-2H3. The highest BCUT2D eigenvalue weighted by atomic mass is 16.6. The number of carbonyl (C=O) groups is 1. The smallest absolute Gasteiger partial charge is 0.269 e. The van der Waals surface area contributed by atoms with Gasteiger partial charge in [-0.25, -0.2) is 0 Å². The average Bonchev–Trinajstić information content (AvgIpc) is 2.39. The zero-order valence-electron chi connectivity index (χ0n) is 10.2. The lowest BCUT2D eigenvalue weighted by Crippen LogP contribution is -2.31. The van der Waals surface area contributed by atoms with E-state index in [4.69, 9.17) is 5.26 Å². The molecule has 0 heterocycles. The minimum absolute atomic E-state index is 0.0353. The second-order valence-electron chi connectivity index (χ2n) is 3.76. The van der Waals surface area contributed by atoms with Gasteiger partial charge in [-0.2, -0.15) is 5.26 Å². The van der Waals surface area contributed by atoms with E-state index in [1.165, 1.54) is 29.2 Å². The summed E-state index contributed by atoms with van der Waals surface area (Å²) in [7, 11) is 1.55. The lowest BCUT2D eigenvalue weighted by Gasteiger charge is -2.19. The zero-order valence-corrected chi connectivity index (χ0v) is 10.2. The molecule has 0 saturated heterocycles. The van der Waals surface area contributed by atoms with Crippen molar-refractivity contribution in [2.75, 3.05) is 11.9 Å². The molecule has 0 aromatic heterocycles. The third-order valence-electron chi connectivity index (χ3n) is 2.64. The molecule has 0 aliphatic carbocycles. The van der Waals surface area contributed by atoms with Crippen molar-refractivity contribution in [1.29, 1.82) is 5.26 Å². The fourth-order valence-electron chi connectivity index (χ4n) is 1.48. The lowest BCUT2D eigenvalue weighted by atomic mass is 10.1. The number of nitro benzene ring substituents is 1. The second kappa shape index (κ2) is 5.77. The van der Waals surface area contributed by atoms with Crippen molar-refractivity contribution in [3.05, 3.63) is 34.4 Å². The SMILES string of the molecule is CCC(C#N)C(=O)N(C)c1ccc([N+](=O)[O-])cc1. The van der Waals surface area contributed by atoms with Crippen molar-refractivity contribution in [3.8, 4) is 6.07 Å². The molecule has 0 radical (unpaired) electrons. The topological polar surface area (TPSA) is 87.2 Å². The molecule has 0 bridgehead atoms. The number of nitro groups is 1. The highest BCUT2D eigenvalue weighted by molar-refractivity contribution is 5.96. The largest absolute Gasteiger partial charge is 0.314 e. The molecule has 6 nitrogen and oxygen atoms in total. The molecule has 1 unspecified atom stereocenters. The van der Waals surface area contributed by atoms with Gasteiger partial charge in [0.15, 0.2) is 0 Å². The lowest BCUT2D eigenvalue weighted by molar-refractivity contribution is -0.384. The van der Waals surface area contributed by atoms with Crippen LogP contribution in [-0.2, 0) is 4.79 Å². The van der Waals surface area contributed by atoms with Crippen LogP contribution < -0.4 is 4.90 Å². The quantitative estimate of drug-likeness (QED) is 0.602. The molecule has 1 amide bonds. The maximum atomic E-state index is 11.9. The fourth-order valence-corrected chi connectivity index (χ4v) is 1.48. The number of non-ortho nitro benzene ring substituents is 1. The Morgan fingerprint density at radius 3 is 2.44 bits per heavy atom. The monoisotopic (exact) mass is 247 g/mol. The number of hydrogen-bond acceptors (Lipinski definition) is 4. The fraction of sp³-hybridized carbons (Fsp3) is 0.333. The number of nitrogens with zero attached hydrogens (tertiary/aromatic N) is 3. The molecule has 1 atom stereocenters. The Bertz CT molecular complexity index is 490. The second-order valence-corrected chi connectivity index (χ2v) is 3.76. The summed E-state index contributed by atoms with van der Waals surface area (Å²) in [6.07, 6.45) is 0.437. The van der Waals surface area contributed by atoms with Crippen molar-refractivity contribution in [2.24, 2.45) is 5.92 Å². The zero-order chi connectivity index (χ0) is 13.7. The third-order valence-corrected chi connectivity index (χ3v) is 2.64. The number of anilines is 1. The molecule has 0 N–H and O–H groups in total. The van der Waals surface area contributed by atoms with E-state index in [0.29, 0.717) is 12.1 Å². The minimum Gasteiger partial charge on any atom is -0.314 e. The van der Waals surface area contributed by atoms with Crippen molar-refractivity contribution in [1.82, 2.24) is 0 Å². The molecule has 0 saturated carbocycles. The number of amides is 1. The van der Waals surface area contributed by atoms with Crippen LogP contribution in [0.4, 0.5) is 11.4 Å². The van der Waals surface area contributed by atoms with Gasteiger partial charge < -0.3 is 4.90 Å². The van der Waals surface area contributed by atoms with Crippen molar-refractivity contribution in [3.63, 3.8) is 0 Å². The molecular weight excluding hydrogens is 234 g/mol. The van der Waals surface area contributed by atoms with Gasteiger partial charge in [-0.3, -0.25) is 14.9 Å². The summed E-state index contributed by atoms with van der Waals surface area (Å²) in [6, 6.07) is 7.56. The molecule has 1 aromatic carbocycles. The van der Waals surface area contributed by atoms with E-state index in [0.717, 1.165) is 0 Å². The van der Waals surface area contributed by atoms with Crippen LogP contribution in [0.3, 0.4) is 0 Å². The summed E-state index contributed by atoms with van der Waals surface area (Å²) in [5, 5.41) is 19.3. The van der Waals surface area contributed by atoms with Gasteiger partial charge in [0.05, 0.1) is 11.0 Å². The van der Waals surface area contributed by atoms with Gasteiger partial charge in [-0.05, 0) is 18.6 Å². The first-order valence-electron chi connectivity index (χ1n) is 5.42. The van der Waals surface area contributed by atoms with Crippen molar-refractivity contribution < 1.29 is 9.72 Å². The van der Waals surface area contributed by atoms with Crippen LogP contribution in [0, 0.1) is 27.4 Å². The highest BCUT2D eigenvalue weighted by Crippen LogP contribution is 2.20. The molecule has 0 spiro atoms. The summed E-state index contributed by atoms with van der Waals surface area (Å²) in [4.78, 5) is 23.2. The first kappa shape index (κ1) is 13.6.